The van der Waals surface area contributed by atoms with E-state index in [9.17, 15) is 19.2 Å². The number of carbonyl (C=O) groups excluding carboxylic acids is 4. The molecule has 4 aromatic rings. The van der Waals surface area contributed by atoms with Crippen molar-refractivity contribution < 1.29 is 28.7 Å². The second-order valence-corrected chi connectivity index (χ2v) is 15.1. The average molecular weight is 765 g/mol. The molecule has 2 fully saturated rings. The third kappa shape index (κ3) is 8.96. The summed E-state index contributed by atoms with van der Waals surface area (Å²) in [7, 11) is 2.58. The van der Waals surface area contributed by atoms with Crippen molar-refractivity contribution in [1.29, 1.82) is 0 Å². The zero-order chi connectivity index (χ0) is 39.9. The summed E-state index contributed by atoms with van der Waals surface area (Å²) in [4.78, 5) is 72.1. The van der Waals surface area contributed by atoms with Crippen molar-refractivity contribution in [2.75, 3.05) is 33.9 Å². The predicted octanol–water partition coefficient (Wildman–Crippen LogP) is 7.66. The molecule has 14 heteroatoms. The second kappa shape index (κ2) is 17.7. The number of aromatic amines is 2. The Kier molecular flexibility index (Phi) is 12.6. The molecule has 2 saturated heterocycles. The highest BCUT2D eigenvalue weighted by atomic mass is 16.5. The number of hydrogen-bond donors (Lipinski definition) is 3. The number of methoxy groups -OCH3 is 2. The summed E-state index contributed by atoms with van der Waals surface area (Å²) in [6.07, 6.45) is 9.64. The van der Waals surface area contributed by atoms with Crippen molar-refractivity contribution >= 4 is 36.3 Å². The highest BCUT2D eigenvalue weighted by Crippen LogP contribution is 2.34. The quantitative estimate of drug-likeness (QED) is 0.131. The van der Waals surface area contributed by atoms with E-state index in [2.05, 4.69) is 37.4 Å². The molecule has 0 spiro atoms. The molecule has 5 amide bonds. The summed E-state index contributed by atoms with van der Waals surface area (Å²) >= 11 is 0. The number of rotatable bonds is 11. The number of imide groups is 1. The van der Waals surface area contributed by atoms with E-state index in [0.717, 1.165) is 65.1 Å². The van der Waals surface area contributed by atoms with Gasteiger partial charge in [0.2, 0.25) is 5.91 Å². The van der Waals surface area contributed by atoms with Gasteiger partial charge in [0.15, 0.2) is 0 Å². The number of aromatic nitrogens is 4. The van der Waals surface area contributed by atoms with E-state index in [-0.39, 0.29) is 42.4 Å². The van der Waals surface area contributed by atoms with Gasteiger partial charge < -0.3 is 34.6 Å². The van der Waals surface area contributed by atoms with Gasteiger partial charge in [0.1, 0.15) is 17.7 Å². The van der Waals surface area contributed by atoms with Crippen molar-refractivity contribution in [3.63, 3.8) is 0 Å². The largest absolute Gasteiger partial charge is 0.453 e. The molecule has 0 radical (unpaired) electrons. The van der Waals surface area contributed by atoms with Crippen LogP contribution in [0.1, 0.15) is 88.2 Å². The summed E-state index contributed by atoms with van der Waals surface area (Å²) < 4.78 is 9.65. The summed E-state index contributed by atoms with van der Waals surface area (Å²) in [5, 5.41) is 2.69. The van der Waals surface area contributed by atoms with Crippen LogP contribution in [0.15, 0.2) is 60.9 Å². The number of H-pyrrole nitrogens is 2. The summed E-state index contributed by atoms with van der Waals surface area (Å²) in [6, 6.07) is 14.8. The van der Waals surface area contributed by atoms with E-state index in [1.165, 1.54) is 19.1 Å². The Balaban J connectivity index is 1.07. The van der Waals surface area contributed by atoms with Crippen LogP contribution >= 0.6 is 0 Å². The number of likely N-dealkylation sites (tertiary alicyclic amines) is 2. The van der Waals surface area contributed by atoms with Crippen LogP contribution in [-0.4, -0.2) is 98.7 Å². The second-order valence-electron chi connectivity index (χ2n) is 15.1. The number of benzene rings is 2. The minimum Gasteiger partial charge on any atom is -0.453 e. The molecule has 2 aromatic carbocycles. The Bertz CT molecular complexity index is 2020. The third-order valence-electron chi connectivity index (χ3n) is 10.3. The molecule has 56 heavy (non-hydrogen) atoms. The molecule has 4 heterocycles. The maximum Gasteiger partial charge on any atom is 0.417 e. The van der Waals surface area contributed by atoms with Gasteiger partial charge in [-0.1, -0.05) is 88.4 Å². The molecule has 0 aliphatic carbocycles. The van der Waals surface area contributed by atoms with Gasteiger partial charge in [-0.05, 0) is 59.8 Å². The minimum atomic E-state index is -0.684. The summed E-state index contributed by atoms with van der Waals surface area (Å²) in [5.74, 6) is 1.29. The van der Waals surface area contributed by atoms with Gasteiger partial charge in [0.05, 0.1) is 50.1 Å². The Hall–Kier alpha value is -5.92. The lowest BCUT2D eigenvalue weighted by atomic mass is 10.0. The Labute approximate surface area is 327 Å². The summed E-state index contributed by atoms with van der Waals surface area (Å²) in [6.45, 7) is 9.13. The molecular formula is C42H52N8O6. The lowest BCUT2D eigenvalue weighted by molar-refractivity contribution is -0.135. The monoisotopic (exact) mass is 764 g/mol. The number of amides is 5. The Morgan fingerprint density at radius 1 is 0.786 bits per heavy atom. The number of nitrogens with one attached hydrogen (secondary N) is 3. The standard InChI is InChI=1S/C42H52N8O6/c1-26(2)25-50(42(54)56-6)41(53)49-22-8-10-35(49)38-44-24-33(46-38)31-19-15-29(16-20-31)12-11-28-13-17-30(18-14-28)32-23-43-37(45-32)34-9-7-21-48(34)39(51)36(27(3)4)47-40(52)55-5/h11-20,23-24,26-27,34-36H,7-10,21-22,25H2,1-6H3,(H,43,45)(H,44,46)(H,47,52). The zero-order valence-corrected chi connectivity index (χ0v) is 33.0. The van der Waals surface area contributed by atoms with E-state index in [1.807, 2.05) is 76.2 Å². The molecule has 3 unspecified atom stereocenters. The highest BCUT2D eigenvalue weighted by molar-refractivity contribution is 5.91. The number of hydrogen-bond acceptors (Lipinski definition) is 8. The smallest absolute Gasteiger partial charge is 0.417 e. The molecule has 6 rings (SSSR count). The predicted molar refractivity (Wildman–Crippen MR) is 213 cm³/mol. The normalized spacial score (nSPS) is 17.5. The molecule has 2 aromatic heterocycles. The fraction of sp³-hybridized carbons (Fsp3) is 0.429. The van der Waals surface area contributed by atoms with Crippen molar-refractivity contribution in [2.45, 2.75) is 71.5 Å². The van der Waals surface area contributed by atoms with Crippen LogP contribution in [0.5, 0.6) is 0 Å². The Morgan fingerprint density at radius 2 is 1.29 bits per heavy atom. The number of alkyl carbamates (subject to hydrolysis) is 1. The van der Waals surface area contributed by atoms with Gasteiger partial charge in [0, 0.05) is 19.6 Å². The van der Waals surface area contributed by atoms with Crippen molar-refractivity contribution in [1.82, 2.24) is 40.0 Å². The first kappa shape index (κ1) is 39.8. The van der Waals surface area contributed by atoms with E-state index < -0.39 is 18.2 Å². The van der Waals surface area contributed by atoms with E-state index in [1.54, 1.807) is 22.2 Å². The topological polar surface area (TPSA) is 166 Å². The van der Waals surface area contributed by atoms with Crippen molar-refractivity contribution in [3.05, 3.63) is 83.7 Å². The highest BCUT2D eigenvalue weighted by Gasteiger charge is 2.38. The van der Waals surface area contributed by atoms with Crippen molar-refractivity contribution in [2.24, 2.45) is 11.8 Å². The van der Waals surface area contributed by atoms with Gasteiger partial charge >= 0.3 is 18.2 Å². The molecule has 296 valence electrons. The van der Waals surface area contributed by atoms with Gasteiger partial charge in [-0.3, -0.25) is 4.79 Å². The number of urea groups is 1. The summed E-state index contributed by atoms with van der Waals surface area (Å²) in [5.41, 5.74) is 5.74. The number of imidazole rings is 2. The molecule has 2 aliphatic heterocycles. The van der Waals surface area contributed by atoms with Crippen LogP contribution < -0.4 is 5.32 Å². The maximum atomic E-state index is 13.5. The fourth-order valence-electron chi connectivity index (χ4n) is 7.38. The number of ether oxygens (including phenoxy) is 2. The Morgan fingerprint density at radius 3 is 1.75 bits per heavy atom. The molecule has 3 atom stereocenters. The maximum absolute atomic E-state index is 13.5. The van der Waals surface area contributed by atoms with Crippen LogP contribution in [-0.2, 0) is 14.3 Å². The van der Waals surface area contributed by atoms with E-state index >= 15 is 0 Å². The van der Waals surface area contributed by atoms with Crippen LogP contribution in [0.2, 0.25) is 0 Å². The lowest BCUT2D eigenvalue weighted by Crippen LogP contribution is -2.51. The molecule has 0 saturated carbocycles. The molecule has 3 N–H and O–H groups in total. The minimum absolute atomic E-state index is 0.101. The molecule has 0 bridgehead atoms. The molecular weight excluding hydrogens is 713 g/mol. The molecule has 2 aliphatic rings. The van der Waals surface area contributed by atoms with E-state index in [0.29, 0.717) is 18.9 Å². The SMILES string of the molecule is COC(=O)NC(C(=O)N1CCCC1c1ncc(-c2ccc(C=Cc3ccc(-c4cnc(C5CCCN5C(=O)N(CC(C)C)C(=O)OC)[nH]4)cc3)cc2)[nH]1)C(C)C. The first-order chi connectivity index (χ1) is 27.0. The van der Waals surface area contributed by atoms with Gasteiger partial charge in [-0.2, -0.15) is 0 Å². The van der Waals surface area contributed by atoms with Crippen LogP contribution in [0.4, 0.5) is 14.4 Å². The number of nitrogens with zero attached hydrogens (tertiary/aromatic N) is 5. The molecule has 14 nitrogen and oxygen atoms in total. The first-order valence-corrected chi connectivity index (χ1v) is 19.3. The van der Waals surface area contributed by atoms with Crippen LogP contribution in [0, 0.1) is 11.8 Å². The van der Waals surface area contributed by atoms with E-state index in [4.69, 9.17) is 9.47 Å². The lowest BCUT2D eigenvalue weighted by Gasteiger charge is -2.30. The van der Waals surface area contributed by atoms with Crippen LogP contribution in [0.25, 0.3) is 34.7 Å². The van der Waals surface area contributed by atoms with Gasteiger partial charge in [-0.15, -0.1) is 0 Å². The van der Waals surface area contributed by atoms with Crippen LogP contribution in [0.3, 0.4) is 0 Å². The number of carbonyl (C=O) groups is 4. The van der Waals surface area contributed by atoms with Gasteiger partial charge in [0.25, 0.3) is 0 Å². The zero-order valence-electron chi connectivity index (χ0n) is 33.0. The fourth-order valence-corrected chi connectivity index (χ4v) is 7.38. The van der Waals surface area contributed by atoms with Gasteiger partial charge in [-0.25, -0.2) is 29.3 Å². The third-order valence-corrected chi connectivity index (χ3v) is 10.3. The van der Waals surface area contributed by atoms with Crippen molar-refractivity contribution in [3.8, 4) is 22.5 Å². The average Bonchev–Trinajstić information content (AvgIpc) is 4.04. The first-order valence-electron chi connectivity index (χ1n) is 19.3.